The lowest BCUT2D eigenvalue weighted by atomic mass is 10.1. The number of nitrogens with zero attached hydrogens (tertiary/aromatic N) is 4. The van der Waals surface area contributed by atoms with Crippen LogP contribution >= 0.6 is 11.6 Å². The van der Waals surface area contributed by atoms with Crippen molar-refractivity contribution in [2.45, 2.75) is 32.9 Å². The van der Waals surface area contributed by atoms with Crippen LogP contribution in [0.15, 0.2) is 24.5 Å². The molecule has 3 aromatic heterocycles. The lowest BCUT2D eigenvalue weighted by molar-refractivity contribution is -0.133. The van der Waals surface area contributed by atoms with Gasteiger partial charge in [-0.3, -0.25) is 9.59 Å². The smallest absolute Gasteiger partial charge is 0.252 e. The van der Waals surface area contributed by atoms with Crippen LogP contribution in [0.25, 0.3) is 22.3 Å². The van der Waals surface area contributed by atoms with Crippen molar-refractivity contribution in [3.05, 3.63) is 40.9 Å². The normalized spacial score (nSPS) is 19.1. The lowest BCUT2D eigenvalue weighted by Gasteiger charge is -2.44. The number of halogens is 2. The molecule has 8 nitrogen and oxygen atoms in total. The SMILES string of the molecule is CC(=O)N1[C@H](C)CN(c2nc(-c3c[nH]c4ncc(Cl)cc34)c(F)cc2C(N)=O)C[C@@H]1C.[HH].[HH]. The number of hydrogen-bond donors (Lipinski definition) is 2. The predicted molar refractivity (Wildman–Crippen MR) is 121 cm³/mol. The van der Waals surface area contributed by atoms with Crippen LogP contribution in [0.2, 0.25) is 5.02 Å². The van der Waals surface area contributed by atoms with Gasteiger partial charge in [-0.15, -0.1) is 0 Å². The molecular formula is C21H26ClFN6O2. The van der Waals surface area contributed by atoms with Crippen LogP contribution < -0.4 is 10.6 Å². The van der Waals surface area contributed by atoms with Gasteiger partial charge >= 0.3 is 0 Å². The molecule has 0 aromatic carbocycles. The Balaban J connectivity index is 0.00000193. The second-order valence-corrected chi connectivity index (χ2v) is 8.27. The van der Waals surface area contributed by atoms with Crippen LogP contribution in [0.3, 0.4) is 0 Å². The van der Waals surface area contributed by atoms with Gasteiger partial charge in [0.2, 0.25) is 5.91 Å². The lowest BCUT2D eigenvalue weighted by Crippen LogP contribution is -2.58. The molecule has 0 radical (unpaired) electrons. The summed E-state index contributed by atoms with van der Waals surface area (Å²) in [7, 11) is 0. The fourth-order valence-electron chi connectivity index (χ4n) is 4.38. The number of aromatic amines is 1. The zero-order valence-electron chi connectivity index (χ0n) is 17.3. The number of H-pyrrole nitrogens is 1. The number of anilines is 1. The molecular weight excluding hydrogens is 423 g/mol. The van der Waals surface area contributed by atoms with Gasteiger partial charge in [0.1, 0.15) is 17.2 Å². The minimum atomic E-state index is -0.772. The molecule has 2 atom stereocenters. The van der Waals surface area contributed by atoms with Crippen molar-refractivity contribution in [1.82, 2.24) is 19.9 Å². The van der Waals surface area contributed by atoms with Gasteiger partial charge in [-0.2, -0.15) is 0 Å². The van der Waals surface area contributed by atoms with Crippen LogP contribution in [0.5, 0.6) is 0 Å². The van der Waals surface area contributed by atoms with E-state index in [1.807, 2.05) is 18.7 Å². The monoisotopic (exact) mass is 448 g/mol. The zero-order chi connectivity index (χ0) is 22.4. The first-order valence-corrected chi connectivity index (χ1v) is 10.2. The van der Waals surface area contributed by atoms with E-state index >= 15 is 4.39 Å². The standard InChI is InChI=1S/C21H22ClFN6O2.2H2/c1-10-8-28(9-11(2)29(10)12(3)30)21-15(19(24)31)5-17(23)18(27-21)16-7-26-20-14(16)4-13(22)6-25-20;;/h4-7,10-11H,8-9H2,1-3H3,(H2,24,31)(H,25,26);2*1H/t10-,11+;;. The Morgan fingerprint density at radius 2 is 1.97 bits per heavy atom. The molecule has 0 bridgehead atoms. The molecule has 4 rings (SSSR count). The molecule has 1 aliphatic heterocycles. The average Bonchev–Trinajstić information content (AvgIpc) is 3.09. The van der Waals surface area contributed by atoms with Gasteiger partial charge < -0.3 is 20.5 Å². The fourth-order valence-corrected chi connectivity index (χ4v) is 4.54. The molecule has 31 heavy (non-hydrogen) atoms. The summed E-state index contributed by atoms with van der Waals surface area (Å²) < 4.78 is 15.1. The number of aromatic nitrogens is 3. The summed E-state index contributed by atoms with van der Waals surface area (Å²) in [5.74, 6) is -1.19. The molecule has 4 heterocycles. The van der Waals surface area contributed by atoms with Crippen LogP contribution in [0.4, 0.5) is 10.2 Å². The van der Waals surface area contributed by atoms with Crippen LogP contribution in [0.1, 0.15) is 34.0 Å². The van der Waals surface area contributed by atoms with E-state index < -0.39 is 11.7 Å². The number of amides is 2. The number of fused-ring (bicyclic) bond motifs is 1. The highest BCUT2D eigenvalue weighted by Crippen LogP contribution is 2.34. The third-order valence-electron chi connectivity index (χ3n) is 5.56. The molecule has 1 fully saturated rings. The summed E-state index contributed by atoms with van der Waals surface area (Å²) in [5.41, 5.74) is 6.61. The summed E-state index contributed by atoms with van der Waals surface area (Å²) in [6, 6.07) is 2.55. The maximum absolute atomic E-state index is 15.1. The van der Waals surface area contributed by atoms with E-state index in [0.717, 1.165) is 6.07 Å². The van der Waals surface area contributed by atoms with Crippen LogP contribution in [0, 0.1) is 5.82 Å². The number of nitrogens with one attached hydrogen (secondary N) is 1. The van der Waals surface area contributed by atoms with E-state index in [1.54, 1.807) is 17.2 Å². The molecule has 10 heteroatoms. The summed E-state index contributed by atoms with van der Waals surface area (Å²) in [5, 5.41) is 1.02. The van der Waals surface area contributed by atoms with Crippen molar-refractivity contribution >= 4 is 40.3 Å². The molecule has 1 aliphatic rings. The number of nitrogens with two attached hydrogens (primary N) is 1. The highest BCUT2D eigenvalue weighted by atomic mass is 35.5. The Hall–Kier alpha value is -3.20. The average molecular weight is 449 g/mol. The van der Waals surface area contributed by atoms with Gasteiger partial charge in [0.25, 0.3) is 5.91 Å². The van der Waals surface area contributed by atoms with E-state index in [0.29, 0.717) is 34.7 Å². The maximum Gasteiger partial charge on any atom is 0.252 e. The van der Waals surface area contributed by atoms with E-state index in [9.17, 15) is 9.59 Å². The van der Waals surface area contributed by atoms with Crippen LogP contribution in [-0.4, -0.2) is 56.8 Å². The van der Waals surface area contributed by atoms with Crippen molar-refractivity contribution in [3.63, 3.8) is 0 Å². The summed E-state index contributed by atoms with van der Waals surface area (Å²) in [4.78, 5) is 39.5. The second-order valence-electron chi connectivity index (χ2n) is 7.84. The molecule has 166 valence electrons. The fraction of sp³-hybridized carbons (Fsp3) is 0.333. The molecule has 3 N–H and O–H groups in total. The first-order valence-electron chi connectivity index (χ1n) is 9.84. The Labute approximate surface area is 186 Å². The Morgan fingerprint density at radius 1 is 1.29 bits per heavy atom. The molecule has 0 unspecified atom stereocenters. The Morgan fingerprint density at radius 3 is 2.58 bits per heavy atom. The molecule has 0 spiro atoms. The predicted octanol–water partition coefficient (Wildman–Crippen LogP) is 3.45. The Bertz CT molecular complexity index is 1190. The maximum atomic E-state index is 15.1. The number of primary amides is 1. The van der Waals surface area contributed by atoms with E-state index in [-0.39, 0.29) is 37.9 Å². The summed E-state index contributed by atoms with van der Waals surface area (Å²) >= 11 is 6.07. The third-order valence-corrected chi connectivity index (χ3v) is 5.76. The van der Waals surface area contributed by atoms with Crippen molar-refractivity contribution in [2.24, 2.45) is 5.73 Å². The number of carbonyl (C=O) groups is 2. The van der Waals surface area contributed by atoms with Gasteiger partial charge in [-0.05, 0) is 26.0 Å². The third kappa shape index (κ3) is 3.69. The first kappa shape index (κ1) is 21.0. The van der Waals surface area contributed by atoms with Crippen molar-refractivity contribution in [1.29, 1.82) is 0 Å². The quantitative estimate of drug-likeness (QED) is 0.637. The van der Waals surface area contributed by atoms with Gasteiger partial charge in [-0.1, -0.05) is 11.6 Å². The minimum Gasteiger partial charge on any atom is -0.365 e. The van der Waals surface area contributed by atoms with Gasteiger partial charge in [0.15, 0.2) is 5.82 Å². The highest BCUT2D eigenvalue weighted by Gasteiger charge is 2.33. The van der Waals surface area contributed by atoms with E-state index in [2.05, 4.69) is 15.0 Å². The van der Waals surface area contributed by atoms with Gasteiger partial charge in [0.05, 0.1) is 10.6 Å². The molecule has 0 saturated carbocycles. The van der Waals surface area contributed by atoms with Crippen molar-refractivity contribution < 1.29 is 16.8 Å². The number of carbonyl (C=O) groups excluding carboxylic acids is 2. The van der Waals surface area contributed by atoms with Gasteiger partial charge in [0, 0.05) is 58.3 Å². The zero-order valence-corrected chi connectivity index (χ0v) is 18.1. The minimum absolute atomic E-state index is 0. The molecule has 0 aliphatic carbocycles. The summed E-state index contributed by atoms with van der Waals surface area (Å²) in [6.45, 7) is 6.24. The van der Waals surface area contributed by atoms with Crippen molar-refractivity contribution in [2.75, 3.05) is 18.0 Å². The van der Waals surface area contributed by atoms with E-state index in [1.165, 1.54) is 13.1 Å². The topological polar surface area (TPSA) is 108 Å². The number of hydrogen-bond acceptors (Lipinski definition) is 5. The summed E-state index contributed by atoms with van der Waals surface area (Å²) in [6.07, 6.45) is 3.10. The van der Waals surface area contributed by atoms with Crippen LogP contribution in [-0.2, 0) is 4.79 Å². The molecule has 3 aromatic rings. The molecule has 2 amide bonds. The largest absolute Gasteiger partial charge is 0.365 e. The van der Waals surface area contributed by atoms with Crippen molar-refractivity contribution in [3.8, 4) is 11.3 Å². The number of rotatable bonds is 3. The number of piperazine rings is 1. The Kier molecular flexibility index (Phi) is 5.30. The van der Waals surface area contributed by atoms with E-state index in [4.69, 9.17) is 17.3 Å². The highest BCUT2D eigenvalue weighted by molar-refractivity contribution is 6.31. The van der Waals surface area contributed by atoms with Gasteiger partial charge in [-0.25, -0.2) is 14.4 Å². The first-order chi connectivity index (χ1) is 14.7. The number of pyridine rings is 2. The second kappa shape index (κ2) is 7.81. The molecule has 1 saturated heterocycles.